The standard InChI is InChI=1S/C16H23N5O3S/c1-10(24-25(6,22)23)7-13-11(2)19-14-12(8-17)9-18-21(14)15(13)20-16(3,4)5/h9-10,20H,7H2,1-6H3/t10-/m1/s1. The SMILES string of the molecule is Cc1nc2c(C#N)cnn2c(NC(C)(C)C)c1C[C@@H](C)OS(C)(=O)=O. The first-order valence-electron chi connectivity index (χ1n) is 7.85. The molecule has 0 aliphatic rings. The first-order chi connectivity index (χ1) is 11.4. The minimum atomic E-state index is -3.55. The molecule has 2 aromatic rings. The van der Waals surface area contributed by atoms with Crippen LogP contribution < -0.4 is 5.32 Å². The van der Waals surface area contributed by atoms with Crippen molar-refractivity contribution in [3.63, 3.8) is 0 Å². The summed E-state index contributed by atoms with van der Waals surface area (Å²) in [5.41, 5.74) is 2.07. The van der Waals surface area contributed by atoms with Gasteiger partial charge in [-0.2, -0.15) is 23.3 Å². The number of hydrogen-bond donors (Lipinski definition) is 1. The summed E-state index contributed by atoms with van der Waals surface area (Å²) < 4.78 is 29.4. The van der Waals surface area contributed by atoms with Crippen LogP contribution in [0.25, 0.3) is 5.65 Å². The third-order valence-electron chi connectivity index (χ3n) is 3.40. The Morgan fingerprint density at radius 2 is 2.08 bits per heavy atom. The zero-order valence-electron chi connectivity index (χ0n) is 15.3. The van der Waals surface area contributed by atoms with Crippen LogP contribution in [-0.2, 0) is 20.7 Å². The van der Waals surface area contributed by atoms with Gasteiger partial charge in [-0.15, -0.1) is 0 Å². The van der Waals surface area contributed by atoms with Crippen molar-refractivity contribution in [1.29, 1.82) is 5.26 Å². The fraction of sp³-hybridized carbons (Fsp3) is 0.562. The maximum absolute atomic E-state index is 11.4. The molecule has 8 nitrogen and oxygen atoms in total. The molecule has 0 spiro atoms. The van der Waals surface area contributed by atoms with E-state index in [2.05, 4.69) is 21.5 Å². The van der Waals surface area contributed by atoms with Crippen LogP contribution in [0.4, 0.5) is 5.82 Å². The smallest absolute Gasteiger partial charge is 0.264 e. The molecule has 2 rings (SSSR count). The van der Waals surface area contributed by atoms with E-state index in [-0.39, 0.29) is 5.54 Å². The molecule has 2 heterocycles. The molecular formula is C16H23N5O3S. The number of rotatable bonds is 5. The zero-order valence-corrected chi connectivity index (χ0v) is 16.1. The summed E-state index contributed by atoms with van der Waals surface area (Å²) in [6, 6.07) is 2.08. The monoisotopic (exact) mass is 365 g/mol. The molecule has 1 N–H and O–H groups in total. The Balaban J connectivity index is 2.59. The van der Waals surface area contributed by atoms with E-state index >= 15 is 0 Å². The normalized spacial score (nSPS) is 13.6. The van der Waals surface area contributed by atoms with Crippen LogP contribution in [0.15, 0.2) is 6.20 Å². The second kappa shape index (κ2) is 6.61. The Kier molecular flexibility index (Phi) is 5.06. The quantitative estimate of drug-likeness (QED) is 0.807. The van der Waals surface area contributed by atoms with Crippen LogP contribution >= 0.6 is 0 Å². The van der Waals surface area contributed by atoms with E-state index in [0.29, 0.717) is 29.1 Å². The Bertz CT molecular complexity index is 935. The van der Waals surface area contributed by atoms with Gasteiger partial charge in [0.15, 0.2) is 5.65 Å². The molecule has 0 saturated carbocycles. The van der Waals surface area contributed by atoms with Gasteiger partial charge in [0.1, 0.15) is 17.5 Å². The van der Waals surface area contributed by atoms with Crippen LogP contribution in [0.1, 0.15) is 44.5 Å². The van der Waals surface area contributed by atoms with Gasteiger partial charge >= 0.3 is 0 Å². The molecule has 25 heavy (non-hydrogen) atoms. The maximum atomic E-state index is 11.4. The molecule has 0 aromatic carbocycles. The van der Waals surface area contributed by atoms with Crippen molar-refractivity contribution < 1.29 is 12.6 Å². The van der Waals surface area contributed by atoms with E-state index < -0.39 is 16.2 Å². The highest BCUT2D eigenvalue weighted by molar-refractivity contribution is 7.86. The predicted molar refractivity (Wildman–Crippen MR) is 94.9 cm³/mol. The van der Waals surface area contributed by atoms with Gasteiger partial charge < -0.3 is 5.32 Å². The van der Waals surface area contributed by atoms with Gasteiger partial charge in [-0.05, 0) is 34.6 Å². The summed E-state index contributed by atoms with van der Waals surface area (Å²) in [6.07, 6.45) is 2.27. The second-order valence-electron chi connectivity index (χ2n) is 7.12. The second-order valence-corrected chi connectivity index (χ2v) is 8.72. The van der Waals surface area contributed by atoms with Gasteiger partial charge in [0.05, 0.1) is 18.6 Å². The molecule has 0 radical (unpaired) electrons. The molecule has 0 fully saturated rings. The topological polar surface area (TPSA) is 109 Å². The Labute approximate surface area is 147 Å². The van der Waals surface area contributed by atoms with Gasteiger partial charge in [-0.1, -0.05) is 0 Å². The van der Waals surface area contributed by atoms with Crippen molar-refractivity contribution in [2.45, 2.75) is 52.7 Å². The summed E-state index contributed by atoms with van der Waals surface area (Å²) in [6.45, 7) is 9.52. The van der Waals surface area contributed by atoms with Crippen molar-refractivity contribution in [1.82, 2.24) is 14.6 Å². The molecule has 0 amide bonds. The van der Waals surface area contributed by atoms with E-state index in [0.717, 1.165) is 11.8 Å². The van der Waals surface area contributed by atoms with E-state index in [9.17, 15) is 13.7 Å². The van der Waals surface area contributed by atoms with Crippen LogP contribution in [-0.4, -0.2) is 40.9 Å². The average molecular weight is 365 g/mol. The summed E-state index contributed by atoms with van der Waals surface area (Å²) in [4.78, 5) is 4.48. The lowest BCUT2D eigenvalue weighted by Crippen LogP contribution is -2.30. The Hall–Kier alpha value is -2.18. The predicted octanol–water partition coefficient (Wildman–Crippen LogP) is 2.03. The third kappa shape index (κ3) is 4.67. The largest absolute Gasteiger partial charge is 0.365 e. The Morgan fingerprint density at radius 1 is 1.44 bits per heavy atom. The van der Waals surface area contributed by atoms with Crippen LogP contribution in [0.2, 0.25) is 0 Å². The summed E-state index contributed by atoms with van der Waals surface area (Å²) in [5.74, 6) is 0.681. The number of aryl methyl sites for hydroxylation is 1. The zero-order chi connectivity index (χ0) is 19.0. The van der Waals surface area contributed by atoms with Gasteiger partial charge in [0.2, 0.25) is 0 Å². The highest BCUT2D eigenvalue weighted by Crippen LogP contribution is 2.26. The summed E-state index contributed by atoms with van der Waals surface area (Å²) in [5, 5.41) is 16.9. The van der Waals surface area contributed by atoms with Crippen molar-refractivity contribution in [2.75, 3.05) is 11.6 Å². The number of nitrogens with zero attached hydrogens (tertiary/aromatic N) is 4. The number of anilines is 1. The molecule has 2 aromatic heterocycles. The first kappa shape index (κ1) is 19.1. The van der Waals surface area contributed by atoms with Crippen LogP contribution in [0, 0.1) is 18.3 Å². The lowest BCUT2D eigenvalue weighted by Gasteiger charge is -2.26. The van der Waals surface area contributed by atoms with Crippen molar-refractivity contribution in [3.8, 4) is 6.07 Å². The van der Waals surface area contributed by atoms with E-state index in [1.807, 2.05) is 27.7 Å². The number of aromatic nitrogens is 3. The molecule has 0 bridgehead atoms. The summed E-state index contributed by atoms with van der Waals surface area (Å²) in [7, 11) is -3.55. The fourth-order valence-electron chi connectivity index (χ4n) is 2.57. The number of hydrogen-bond acceptors (Lipinski definition) is 7. The number of nitrogens with one attached hydrogen (secondary N) is 1. The average Bonchev–Trinajstić information content (AvgIpc) is 2.81. The molecule has 0 aliphatic heterocycles. The molecule has 136 valence electrons. The minimum Gasteiger partial charge on any atom is -0.365 e. The highest BCUT2D eigenvalue weighted by atomic mass is 32.2. The molecule has 0 saturated heterocycles. The van der Waals surface area contributed by atoms with E-state index in [1.54, 1.807) is 11.4 Å². The number of nitriles is 1. The van der Waals surface area contributed by atoms with Crippen LogP contribution in [0.5, 0.6) is 0 Å². The van der Waals surface area contributed by atoms with E-state index in [1.165, 1.54) is 6.20 Å². The van der Waals surface area contributed by atoms with Crippen molar-refractivity contribution in [3.05, 3.63) is 23.0 Å². The van der Waals surface area contributed by atoms with Gasteiger partial charge in [0, 0.05) is 23.2 Å². The molecule has 0 unspecified atom stereocenters. The van der Waals surface area contributed by atoms with Gasteiger partial charge in [-0.3, -0.25) is 4.18 Å². The van der Waals surface area contributed by atoms with E-state index in [4.69, 9.17) is 4.18 Å². The van der Waals surface area contributed by atoms with Gasteiger partial charge in [-0.25, -0.2) is 4.98 Å². The van der Waals surface area contributed by atoms with Crippen LogP contribution in [0.3, 0.4) is 0 Å². The van der Waals surface area contributed by atoms with Crippen molar-refractivity contribution in [2.24, 2.45) is 0 Å². The molecule has 0 aliphatic carbocycles. The minimum absolute atomic E-state index is 0.269. The molecular weight excluding hydrogens is 342 g/mol. The highest BCUT2D eigenvalue weighted by Gasteiger charge is 2.23. The van der Waals surface area contributed by atoms with Crippen molar-refractivity contribution >= 4 is 21.6 Å². The number of fused-ring (bicyclic) bond motifs is 1. The Morgan fingerprint density at radius 3 is 2.60 bits per heavy atom. The third-order valence-corrected chi connectivity index (χ3v) is 4.07. The fourth-order valence-corrected chi connectivity index (χ4v) is 3.23. The lowest BCUT2D eigenvalue weighted by molar-refractivity contribution is 0.231. The summed E-state index contributed by atoms with van der Waals surface area (Å²) >= 11 is 0. The first-order valence-corrected chi connectivity index (χ1v) is 9.66. The lowest BCUT2D eigenvalue weighted by atomic mass is 10.0. The van der Waals surface area contributed by atoms with Gasteiger partial charge in [0.25, 0.3) is 10.1 Å². The molecule has 1 atom stereocenters. The maximum Gasteiger partial charge on any atom is 0.264 e. The molecule has 9 heteroatoms.